The second kappa shape index (κ2) is 5.20. The fourth-order valence-electron chi connectivity index (χ4n) is 2.40. The molecule has 2 aromatic rings. The van der Waals surface area contributed by atoms with Crippen molar-refractivity contribution in [3.05, 3.63) is 24.3 Å². The summed E-state index contributed by atoms with van der Waals surface area (Å²) in [6, 6.07) is 7.80. The summed E-state index contributed by atoms with van der Waals surface area (Å²) < 4.78 is 12.3. The fourth-order valence-corrected chi connectivity index (χ4v) is 3.69. The van der Waals surface area contributed by atoms with Crippen LogP contribution in [0, 0.1) is 5.92 Å². The molecule has 0 aliphatic carbocycles. The van der Waals surface area contributed by atoms with Gasteiger partial charge >= 0.3 is 0 Å². The van der Waals surface area contributed by atoms with E-state index in [1.165, 1.54) is 12.8 Å². The first kappa shape index (κ1) is 11.9. The maximum absolute atomic E-state index is 12.3. The topological polar surface area (TPSA) is 57.8 Å². The van der Waals surface area contributed by atoms with Gasteiger partial charge in [-0.2, -0.15) is 0 Å². The summed E-state index contributed by atoms with van der Waals surface area (Å²) in [4.78, 5) is 7.56. The number of fused-ring (bicyclic) bond motifs is 1. The molecule has 0 radical (unpaired) electrons. The first-order valence-electron chi connectivity index (χ1n) is 6.37. The van der Waals surface area contributed by atoms with Crippen molar-refractivity contribution in [1.29, 1.82) is 0 Å². The maximum Gasteiger partial charge on any atom is 0.197 e. The molecular formula is C13H17N3OS. The molecule has 5 heteroatoms. The molecule has 0 unspecified atom stereocenters. The maximum atomic E-state index is 12.3. The number of aromatic nitrogens is 2. The summed E-state index contributed by atoms with van der Waals surface area (Å²) in [6.07, 6.45) is 2.35. The summed E-state index contributed by atoms with van der Waals surface area (Å²) in [6.45, 7) is 2.07. The Bertz CT molecular complexity index is 527. The smallest absolute Gasteiger partial charge is 0.197 e. The number of para-hydroxylation sites is 2. The van der Waals surface area contributed by atoms with E-state index < -0.39 is 10.8 Å². The van der Waals surface area contributed by atoms with E-state index in [4.69, 9.17) is 0 Å². The Balaban J connectivity index is 1.74. The van der Waals surface area contributed by atoms with Gasteiger partial charge in [0.05, 0.1) is 21.8 Å². The van der Waals surface area contributed by atoms with E-state index in [9.17, 15) is 4.21 Å². The number of imidazole rings is 1. The van der Waals surface area contributed by atoms with Crippen LogP contribution in [-0.4, -0.2) is 33.0 Å². The minimum atomic E-state index is -1.02. The van der Waals surface area contributed by atoms with E-state index in [1.54, 1.807) is 0 Å². The van der Waals surface area contributed by atoms with Gasteiger partial charge in [-0.25, -0.2) is 4.98 Å². The Morgan fingerprint density at radius 2 is 2.28 bits per heavy atom. The van der Waals surface area contributed by atoms with Crippen LogP contribution in [0.15, 0.2) is 29.4 Å². The summed E-state index contributed by atoms with van der Waals surface area (Å²) in [5, 5.41) is 3.97. The first-order chi connectivity index (χ1) is 8.83. The zero-order valence-electron chi connectivity index (χ0n) is 10.2. The molecular weight excluding hydrogens is 246 g/mol. The number of rotatable bonds is 3. The number of aromatic amines is 1. The van der Waals surface area contributed by atoms with Crippen LogP contribution < -0.4 is 5.32 Å². The third-order valence-corrected chi connectivity index (χ3v) is 4.77. The highest BCUT2D eigenvalue weighted by molar-refractivity contribution is 7.84. The van der Waals surface area contributed by atoms with E-state index >= 15 is 0 Å². The quantitative estimate of drug-likeness (QED) is 0.885. The SMILES string of the molecule is O=[S@@](C[C@@H]1CCCNC1)c1nc2ccccc2[nH]1. The van der Waals surface area contributed by atoms with Crippen LogP contribution >= 0.6 is 0 Å². The molecule has 4 nitrogen and oxygen atoms in total. The number of hydrogen-bond donors (Lipinski definition) is 2. The largest absolute Gasteiger partial charge is 0.331 e. The van der Waals surface area contributed by atoms with Crippen molar-refractivity contribution in [3.63, 3.8) is 0 Å². The normalized spacial score (nSPS) is 22.1. The fraction of sp³-hybridized carbons (Fsp3) is 0.462. The molecule has 1 aromatic heterocycles. The van der Waals surface area contributed by atoms with Gasteiger partial charge in [-0.1, -0.05) is 12.1 Å². The molecule has 18 heavy (non-hydrogen) atoms. The van der Waals surface area contributed by atoms with Crippen molar-refractivity contribution in [2.75, 3.05) is 18.8 Å². The molecule has 1 saturated heterocycles. The van der Waals surface area contributed by atoms with Crippen molar-refractivity contribution in [1.82, 2.24) is 15.3 Å². The van der Waals surface area contributed by atoms with Gasteiger partial charge in [0.15, 0.2) is 5.16 Å². The lowest BCUT2D eigenvalue weighted by molar-refractivity contribution is 0.407. The second-order valence-electron chi connectivity index (χ2n) is 4.78. The summed E-state index contributed by atoms with van der Waals surface area (Å²) in [5.74, 6) is 1.21. The standard InChI is InChI=1S/C13H17N3OS/c17-18(9-10-4-3-7-14-8-10)13-15-11-5-1-2-6-12(11)16-13/h1-2,5-6,10,14H,3-4,7-9H2,(H,15,16)/t10-,18+/m1/s1. The van der Waals surface area contributed by atoms with Crippen molar-refractivity contribution in [3.8, 4) is 0 Å². The molecule has 2 atom stereocenters. The lowest BCUT2D eigenvalue weighted by Gasteiger charge is -2.21. The predicted octanol–water partition coefficient (Wildman–Crippen LogP) is 1.67. The number of nitrogens with one attached hydrogen (secondary N) is 2. The molecule has 0 spiro atoms. The number of H-pyrrole nitrogens is 1. The number of benzene rings is 1. The third-order valence-electron chi connectivity index (χ3n) is 3.37. The lowest BCUT2D eigenvalue weighted by Crippen LogP contribution is -2.32. The average Bonchev–Trinajstić information content (AvgIpc) is 2.84. The van der Waals surface area contributed by atoms with Gasteiger partial charge in [-0.15, -0.1) is 0 Å². The number of hydrogen-bond acceptors (Lipinski definition) is 3. The Kier molecular flexibility index (Phi) is 3.43. The van der Waals surface area contributed by atoms with Gasteiger partial charge in [0.25, 0.3) is 0 Å². The molecule has 0 amide bonds. The van der Waals surface area contributed by atoms with Crippen LogP contribution in [0.25, 0.3) is 11.0 Å². The van der Waals surface area contributed by atoms with E-state index in [0.717, 1.165) is 24.1 Å². The molecule has 1 aromatic carbocycles. The molecule has 3 rings (SSSR count). The van der Waals surface area contributed by atoms with Gasteiger partial charge in [0.2, 0.25) is 0 Å². The highest BCUT2D eigenvalue weighted by Gasteiger charge is 2.18. The lowest BCUT2D eigenvalue weighted by atomic mass is 10.0. The van der Waals surface area contributed by atoms with Crippen LogP contribution in [0.5, 0.6) is 0 Å². The number of nitrogens with zero attached hydrogens (tertiary/aromatic N) is 1. The molecule has 96 valence electrons. The zero-order valence-corrected chi connectivity index (χ0v) is 11.0. The highest BCUT2D eigenvalue weighted by atomic mass is 32.2. The summed E-state index contributed by atoms with van der Waals surface area (Å²) in [5.41, 5.74) is 1.85. The predicted molar refractivity (Wildman–Crippen MR) is 73.0 cm³/mol. The minimum absolute atomic E-state index is 0.507. The van der Waals surface area contributed by atoms with Crippen LogP contribution in [0.4, 0.5) is 0 Å². The van der Waals surface area contributed by atoms with Crippen LogP contribution in [0.1, 0.15) is 12.8 Å². The van der Waals surface area contributed by atoms with Crippen LogP contribution in [-0.2, 0) is 10.8 Å². The molecule has 0 saturated carbocycles. The summed E-state index contributed by atoms with van der Waals surface area (Å²) in [7, 11) is -1.02. The molecule has 2 N–H and O–H groups in total. The van der Waals surface area contributed by atoms with E-state index in [-0.39, 0.29) is 0 Å². The average molecular weight is 263 g/mol. The van der Waals surface area contributed by atoms with E-state index in [0.29, 0.717) is 16.8 Å². The molecule has 1 aliphatic rings. The third kappa shape index (κ3) is 2.47. The second-order valence-corrected chi connectivity index (χ2v) is 6.19. The number of piperidine rings is 1. The van der Waals surface area contributed by atoms with Crippen molar-refractivity contribution < 1.29 is 4.21 Å². The Morgan fingerprint density at radius 1 is 1.39 bits per heavy atom. The highest BCUT2D eigenvalue weighted by Crippen LogP contribution is 2.17. The van der Waals surface area contributed by atoms with E-state index in [1.807, 2.05) is 24.3 Å². The van der Waals surface area contributed by atoms with Gasteiger partial charge in [0, 0.05) is 5.75 Å². The van der Waals surface area contributed by atoms with Crippen LogP contribution in [0.3, 0.4) is 0 Å². The van der Waals surface area contributed by atoms with Gasteiger partial charge in [-0.05, 0) is 44.0 Å². The monoisotopic (exact) mass is 263 g/mol. The van der Waals surface area contributed by atoms with Gasteiger partial charge in [-0.3, -0.25) is 4.21 Å². The minimum Gasteiger partial charge on any atom is -0.331 e. The Hall–Kier alpha value is -1.20. The van der Waals surface area contributed by atoms with Crippen molar-refractivity contribution >= 4 is 21.8 Å². The molecule has 0 bridgehead atoms. The van der Waals surface area contributed by atoms with Gasteiger partial charge in [0.1, 0.15) is 0 Å². The van der Waals surface area contributed by atoms with E-state index in [2.05, 4.69) is 15.3 Å². The van der Waals surface area contributed by atoms with Gasteiger partial charge < -0.3 is 10.3 Å². The van der Waals surface area contributed by atoms with Crippen molar-refractivity contribution in [2.45, 2.75) is 18.0 Å². The first-order valence-corrected chi connectivity index (χ1v) is 7.68. The van der Waals surface area contributed by atoms with Crippen LogP contribution in [0.2, 0.25) is 0 Å². The molecule has 2 heterocycles. The Morgan fingerprint density at radius 3 is 3.06 bits per heavy atom. The Labute approximate surface area is 109 Å². The zero-order chi connectivity index (χ0) is 12.4. The molecule has 1 fully saturated rings. The van der Waals surface area contributed by atoms with Crippen molar-refractivity contribution in [2.24, 2.45) is 5.92 Å². The summed E-state index contributed by atoms with van der Waals surface area (Å²) >= 11 is 0. The molecule has 1 aliphatic heterocycles.